The van der Waals surface area contributed by atoms with E-state index < -0.39 is 14.9 Å². The minimum Gasteiger partial charge on any atom is -0.312 e. The third-order valence-electron chi connectivity index (χ3n) is 5.84. The Morgan fingerprint density at radius 3 is 2.38 bits per heavy atom. The summed E-state index contributed by atoms with van der Waals surface area (Å²) in [4.78, 5) is 24.7. The van der Waals surface area contributed by atoms with E-state index in [4.69, 9.17) is 0 Å². The maximum absolute atomic E-state index is 12.7. The highest BCUT2D eigenvalue weighted by atomic mass is 32.2. The number of nitrogens with one attached hydrogen (secondary N) is 1. The Hall–Kier alpha value is -3.04. The third kappa shape index (κ3) is 5.41. The van der Waals surface area contributed by atoms with Gasteiger partial charge in [0.2, 0.25) is 10.0 Å². The number of sulfonamides is 1. The number of hydrogen-bond donors (Lipinski definition) is 1. The molecule has 1 saturated carbocycles. The van der Waals surface area contributed by atoms with Crippen molar-refractivity contribution in [2.75, 3.05) is 19.0 Å². The molecule has 0 unspecified atom stereocenters. The van der Waals surface area contributed by atoms with Crippen LogP contribution in [0, 0.1) is 10.1 Å². The SMILES string of the molecule is CNS(=O)(=O)c1ccc(N(C)C(=O)C=Cc2ccc([N+](=O)[O-])cc2)cc1C1CCCCC1. The van der Waals surface area contributed by atoms with E-state index in [0.29, 0.717) is 11.3 Å². The molecule has 1 amide bonds. The number of benzene rings is 2. The monoisotopic (exact) mass is 457 g/mol. The molecule has 0 heterocycles. The van der Waals surface area contributed by atoms with Crippen molar-refractivity contribution >= 4 is 33.4 Å². The van der Waals surface area contributed by atoms with Gasteiger partial charge < -0.3 is 4.90 Å². The smallest absolute Gasteiger partial charge is 0.269 e. The number of nitro groups is 1. The van der Waals surface area contributed by atoms with Gasteiger partial charge in [0.25, 0.3) is 11.6 Å². The number of carbonyl (C=O) groups is 1. The van der Waals surface area contributed by atoms with Gasteiger partial charge in [-0.2, -0.15) is 0 Å². The molecular weight excluding hydrogens is 430 g/mol. The summed E-state index contributed by atoms with van der Waals surface area (Å²) in [7, 11) is -0.583. The van der Waals surface area contributed by atoms with Crippen molar-refractivity contribution in [1.82, 2.24) is 4.72 Å². The van der Waals surface area contributed by atoms with E-state index in [0.717, 1.165) is 37.7 Å². The molecule has 3 rings (SSSR count). The molecular formula is C23H27N3O5S. The van der Waals surface area contributed by atoms with Crippen molar-refractivity contribution < 1.29 is 18.1 Å². The molecule has 1 aliphatic carbocycles. The zero-order valence-corrected chi connectivity index (χ0v) is 19.0. The molecule has 0 bridgehead atoms. The van der Waals surface area contributed by atoms with Crippen LogP contribution in [0.3, 0.4) is 0 Å². The number of rotatable bonds is 7. The van der Waals surface area contributed by atoms with Gasteiger partial charge in [-0.15, -0.1) is 0 Å². The van der Waals surface area contributed by atoms with Crippen LogP contribution < -0.4 is 9.62 Å². The van der Waals surface area contributed by atoms with Crippen LogP contribution in [0.5, 0.6) is 0 Å². The van der Waals surface area contributed by atoms with E-state index in [-0.39, 0.29) is 22.4 Å². The van der Waals surface area contributed by atoms with Gasteiger partial charge >= 0.3 is 0 Å². The first-order valence-corrected chi connectivity index (χ1v) is 12.0. The molecule has 32 heavy (non-hydrogen) atoms. The Morgan fingerprint density at radius 1 is 1.12 bits per heavy atom. The molecule has 0 radical (unpaired) electrons. The number of amides is 1. The zero-order valence-electron chi connectivity index (χ0n) is 18.2. The molecule has 0 spiro atoms. The lowest BCUT2D eigenvalue weighted by Crippen LogP contribution is -2.25. The topological polar surface area (TPSA) is 110 Å². The molecule has 0 saturated heterocycles. The summed E-state index contributed by atoms with van der Waals surface area (Å²) in [6, 6.07) is 10.9. The van der Waals surface area contributed by atoms with Gasteiger partial charge in [-0.1, -0.05) is 19.3 Å². The molecule has 1 N–H and O–H groups in total. The number of nitrogens with zero attached hydrogens (tertiary/aromatic N) is 2. The molecule has 0 aromatic heterocycles. The second-order valence-electron chi connectivity index (χ2n) is 7.84. The van der Waals surface area contributed by atoms with Gasteiger partial charge in [0.1, 0.15) is 0 Å². The van der Waals surface area contributed by atoms with Crippen molar-refractivity contribution in [2.24, 2.45) is 0 Å². The van der Waals surface area contributed by atoms with Gasteiger partial charge in [0.05, 0.1) is 9.82 Å². The highest BCUT2D eigenvalue weighted by molar-refractivity contribution is 7.89. The lowest BCUT2D eigenvalue weighted by molar-refractivity contribution is -0.384. The van der Waals surface area contributed by atoms with Gasteiger partial charge in [0, 0.05) is 30.9 Å². The second kappa shape index (κ2) is 10.1. The van der Waals surface area contributed by atoms with E-state index in [1.165, 1.54) is 30.2 Å². The summed E-state index contributed by atoms with van der Waals surface area (Å²) >= 11 is 0. The maximum Gasteiger partial charge on any atom is 0.269 e. The molecule has 9 heteroatoms. The average Bonchev–Trinajstić information content (AvgIpc) is 2.82. The maximum atomic E-state index is 12.7. The minimum absolute atomic E-state index is 0.0163. The van der Waals surface area contributed by atoms with Crippen molar-refractivity contribution in [2.45, 2.75) is 42.9 Å². The molecule has 2 aromatic carbocycles. The number of anilines is 1. The van der Waals surface area contributed by atoms with E-state index in [1.54, 1.807) is 43.5 Å². The first-order chi connectivity index (χ1) is 15.2. The summed E-state index contributed by atoms with van der Waals surface area (Å²) in [6.45, 7) is 0. The van der Waals surface area contributed by atoms with Gasteiger partial charge in [-0.25, -0.2) is 13.1 Å². The quantitative estimate of drug-likeness (QED) is 0.380. The van der Waals surface area contributed by atoms with Crippen molar-refractivity contribution in [3.05, 3.63) is 69.8 Å². The first-order valence-electron chi connectivity index (χ1n) is 10.5. The number of non-ortho nitro benzene ring substituents is 1. The fourth-order valence-electron chi connectivity index (χ4n) is 3.95. The lowest BCUT2D eigenvalue weighted by Gasteiger charge is -2.26. The Morgan fingerprint density at radius 2 is 1.78 bits per heavy atom. The van der Waals surface area contributed by atoms with Gasteiger partial charge in [-0.3, -0.25) is 14.9 Å². The number of hydrogen-bond acceptors (Lipinski definition) is 5. The van der Waals surface area contributed by atoms with Gasteiger partial charge in [0.15, 0.2) is 0 Å². The Labute approximate surface area is 188 Å². The van der Waals surface area contributed by atoms with Crippen LogP contribution in [-0.2, 0) is 14.8 Å². The van der Waals surface area contributed by atoms with E-state index in [1.807, 2.05) is 0 Å². The molecule has 170 valence electrons. The van der Waals surface area contributed by atoms with Crippen LogP contribution in [-0.4, -0.2) is 33.3 Å². The third-order valence-corrected chi connectivity index (χ3v) is 7.33. The largest absolute Gasteiger partial charge is 0.312 e. The Bertz CT molecular complexity index is 1120. The molecule has 1 aliphatic rings. The number of likely N-dealkylation sites (N-methyl/N-ethyl adjacent to an activating group) is 1. The first kappa shape index (κ1) is 23.6. The Balaban J connectivity index is 1.85. The summed E-state index contributed by atoms with van der Waals surface area (Å²) < 4.78 is 27.5. The highest BCUT2D eigenvalue weighted by Gasteiger charge is 2.25. The normalized spacial score (nSPS) is 15.1. The van der Waals surface area contributed by atoms with Crippen LogP contribution in [0.2, 0.25) is 0 Å². The van der Waals surface area contributed by atoms with Crippen LogP contribution in [0.25, 0.3) is 6.08 Å². The minimum atomic E-state index is -3.61. The molecule has 2 aromatic rings. The van der Waals surface area contributed by atoms with E-state index >= 15 is 0 Å². The highest BCUT2D eigenvalue weighted by Crippen LogP contribution is 2.37. The summed E-state index contributed by atoms with van der Waals surface area (Å²) in [5, 5.41) is 10.8. The molecule has 8 nitrogen and oxygen atoms in total. The Kier molecular flexibility index (Phi) is 7.42. The van der Waals surface area contributed by atoms with Crippen LogP contribution in [0.15, 0.2) is 53.4 Å². The van der Waals surface area contributed by atoms with Crippen LogP contribution >= 0.6 is 0 Å². The van der Waals surface area contributed by atoms with Crippen molar-refractivity contribution in [3.63, 3.8) is 0 Å². The lowest BCUT2D eigenvalue weighted by atomic mass is 9.84. The summed E-state index contributed by atoms with van der Waals surface area (Å²) in [6.07, 6.45) is 8.09. The van der Waals surface area contributed by atoms with Crippen molar-refractivity contribution in [1.29, 1.82) is 0 Å². The average molecular weight is 458 g/mol. The van der Waals surface area contributed by atoms with Crippen LogP contribution in [0.1, 0.15) is 49.1 Å². The predicted molar refractivity (Wildman–Crippen MR) is 124 cm³/mol. The molecule has 0 atom stereocenters. The fraction of sp³-hybridized carbons (Fsp3) is 0.348. The van der Waals surface area contributed by atoms with Gasteiger partial charge in [-0.05, 0) is 73.3 Å². The molecule has 0 aliphatic heterocycles. The fourth-order valence-corrected chi connectivity index (χ4v) is 4.95. The van der Waals surface area contributed by atoms with E-state index in [2.05, 4.69) is 4.72 Å². The van der Waals surface area contributed by atoms with Crippen LogP contribution in [0.4, 0.5) is 11.4 Å². The van der Waals surface area contributed by atoms with E-state index in [9.17, 15) is 23.3 Å². The summed E-state index contributed by atoms with van der Waals surface area (Å²) in [5.74, 6) is -0.150. The predicted octanol–water partition coefficient (Wildman–Crippen LogP) is 4.23. The van der Waals surface area contributed by atoms with Crippen molar-refractivity contribution in [3.8, 4) is 0 Å². The number of nitro benzene ring substituents is 1. The summed E-state index contributed by atoms with van der Waals surface area (Å²) in [5.41, 5.74) is 2.00. The standard InChI is InChI=1S/C23H27N3O5S/c1-24-32(30,31)22-14-13-20(16-21(22)18-6-4-3-5-7-18)25(2)23(27)15-10-17-8-11-19(12-9-17)26(28)29/h8-16,18,24H,3-7H2,1-2H3. The number of carbonyl (C=O) groups excluding carboxylic acids is 1. The zero-order chi connectivity index (χ0) is 23.3. The molecule has 1 fully saturated rings. The second-order valence-corrected chi connectivity index (χ2v) is 9.70.